The number of ether oxygens (including phenoxy) is 3. The molecule has 0 heterocycles. The van der Waals surface area contributed by atoms with Crippen molar-refractivity contribution in [2.45, 2.75) is 33.0 Å². The van der Waals surface area contributed by atoms with Crippen LogP contribution >= 0.6 is 0 Å². The van der Waals surface area contributed by atoms with Gasteiger partial charge in [-0.25, -0.2) is 9.59 Å². The van der Waals surface area contributed by atoms with E-state index in [1.807, 2.05) is 30.3 Å². The summed E-state index contributed by atoms with van der Waals surface area (Å²) >= 11 is 0. The fourth-order valence-corrected chi connectivity index (χ4v) is 2.20. The summed E-state index contributed by atoms with van der Waals surface area (Å²) in [6, 6.07) is 14.3. The van der Waals surface area contributed by atoms with E-state index < -0.39 is 17.7 Å². The normalized spacial score (nSPS) is 10.8. The van der Waals surface area contributed by atoms with E-state index in [-0.39, 0.29) is 17.9 Å². The first-order valence-electron chi connectivity index (χ1n) is 8.18. The first-order valence-corrected chi connectivity index (χ1v) is 8.18. The van der Waals surface area contributed by atoms with Crippen molar-refractivity contribution in [2.75, 3.05) is 12.4 Å². The average Bonchev–Trinajstić information content (AvgIpc) is 2.59. The van der Waals surface area contributed by atoms with Crippen LogP contribution in [0.25, 0.3) is 0 Å². The largest absolute Gasteiger partial charge is 0.486 e. The van der Waals surface area contributed by atoms with Crippen molar-refractivity contribution in [1.29, 1.82) is 0 Å². The third kappa shape index (κ3) is 5.51. The lowest BCUT2D eigenvalue weighted by atomic mass is 10.1. The fraction of sp³-hybridized carbons (Fsp3) is 0.300. The van der Waals surface area contributed by atoms with Gasteiger partial charge in [-0.1, -0.05) is 36.4 Å². The minimum Gasteiger partial charge on any atom is -0.486 e. The summed E-state index contributed by atoms with van der Waals surface area (Å²) in [4.78, 5) is 24.2. The number of nitrogens with one attached hydrogen (secondary N) is 1. The maximum atomic E-state index is 12.1. The summed E-state index contributed by atoms with van der Waals surface area (Å²) in [5.41, 5.74) is 0.834. The summed E-state index contributed by atoms with van der Waals surface area (Å²) in [5, 5.41) is 2.63. The molecule has 0 atom stereocenters. The van der Waals surface area contributed by atoms with Crippen LogP contribution in [0.2, 0.25) is 0 Å². The van der Waals surface area contributed by atoms with Crippen LogP contribution in [-0.2, 0) is 16.1 Å². The first kappa shape index (κ1) is 19.3. The maximum Gasteiger partial charge on any atom is 0.412 e. The molecule has 2 aromatic carbocycles. The average molecular weight is 357 g/mol. The van der Waals surface area contributed by atoms with Crippen LogP contribution < -0.4 is 10.1 Å². The van der Waals surface area contributed by atoms with E-state index in [2.05, 4.69) is 5.32 Å². The van der Waals surface area contributed by atoms with E-state index in [0.717, 1.165) is 5.56 Å². The molecular formula is C20H23NO5. The van der Waals surface area contributed by atoms with Gasteiger partial charge in [0, 0.05) is 0 Å². The van der Waals surface area contributed by atoms with E-state index in [1.54, 1.807) is 39.0 Å². The van der Waals surface area contributed by atoms with Gasteiger partial charge in [-0.15, -0.1) is 0 Å². The Morgan fingerprint density at radius 1 is 1.00 bits per heavy atom. The minimum atomic E-state index is -0.644. The number of amides is 1. The summed E-state index contributed by atoms with van der Waals surface area (Å²) in [6.07, 6.45) is -0.635. The molecule has 1 N–H and O–H groups in total. The fourth-order valence-electron chi connectivity index (χ4n) is 2.20. The third-order valence-electron chi connectivity index (χ3n) is 3.28. The molecule has 6 heteroatoms. The van der Waals surface area contributed by atoms with Crippen molar-refractivity contribution in [3.8, 4) is 5.75 Å². The number of carbonyl (C=O) groups is 2. The molecule has 26 heavy (non-hydrogen) atoms. The number of rotatable bonds is 5. The highest BCUT2D eigenvalue weighted by atomic mass is 16.6. The molecule has 2 rings (SSSR count). The Balaban J connectivity index is 2.28. The zero-order valence-corrected chi connectivity index (χ0v) is 15.4. The number of hydrogen-bond donors (Lipinski definition) is 1. The molecule has 2 aromatic rings. The molecule has 0 spiro atoms. The summed E-state index contributed by atoms with van der Waals surface area (Å²) in [7, 11) is 1.29. The molecule has 0 aromatic heterocycles. The summed E-state index contributed by atoms with van der Waals surface area (Å²) < 4.78 is 15.9. The lowest BCUT2D eigenvalue weighted by Crippen LogP contribution is -2.27. The molecule has 0 unspecified atom stereocenters. The predicted octanol–water partition coefficient (Wildman–Crippen LogP) is 4.40. The van der Waals surface area contributed by atoms with Gasteiger partial charge in [0.15, 0.2) is 5.75 Å². The monoisotopic (exact) mass is 357 g/mol. The van der Waals surface area contributed by atoms with E-state index in [0.29, 0.717) is 5.69 Å². The first-order chi connectivity index (χ1) is 12.3. The van der Waals surface area contributed by atoms with E-state index in [1.165, 1.54) is 7.11 Å². The zero-order chi connectivity index (χ0) is 19.2. The van der Waals surface area contributed by atoms with Crippen LogP contribution in [-0.4, -0.2) is 24.8 Å². The second-order valence-corrected chi connectivity index (χ2v) is 6.58. The molecule has 0 aliphatic rings. The predicted molar refractivity (Wildman–Crippen MR) is 98.4 cm³/mol. The molecule has 0 aliphatic carbocycles. The van der Waals surface area contributed by atoms with Crippen molar-refractivity contribution in [2.24, 2.45) is 0 Å². The Bertz CT molecular complexity index is 766. The second-order valence-electron chi connectivity index (χ2n) is 6.58. The highest BCUT2D eigenvalue weighted by Crippen LogP contribution is 2.31. The molecule has 138 valence electrons. The van der Waals surface area contributed by atoms with E-state index in [4.69, 9.17) is 14.2 Å². The number of carbonyl (C=O) groups excluding carboxylic acids is 2. The van der Waals surface area contributed by atoms with Gasteiger partial charge in [0.2, 0.25) is 0 Å². The van der Waals surface area contributed by atoms with Crippen LogP contribution in [0.5, 0.6) is 5.75 Å². The highest BCUT2D eigenvalue weighted by Gasteiger charge is 2.21. The standard InChI is InChI=1S/C20H23NO5/c1-20(2,3)26-19(23)21-16-12-8-11-15(18(22)24-4)17(16)25-13-14-9-6-5-7-10-14/h5-12H,13H2,1-4H3,(H,21,23). The smallest absolute Gasteiger partial charge is 0.412 e. The molecular weight excluding hydrogens is 334 g/mol. The molecule has 0 fully saturated rings. The van der Waals surface area contributed by atoms with Gasteiger partial charge < -0.3 is 14.2 Å². The van der Waals surface area contributed by atoms with Crippen LogP contribution in [0.15, 0.2) is 48.5 Å². The highest BCUT2D eigenvalue weighted by molar-refractivity contribution is 5.97. The molecule has 1 amide bonds. The number of methoxy groups -OCH3 is 1. The van der Waals surface area contributed by atoms with Crippen molar-refractivity contribution in [3.05, 3.63) is 59.7 Å². The molecule has 0 radical (unpaired) electrons. The number of hydrogen-bond acceptors (Lipinski definition) is 5. The summed E-state index contributed by atoms with van der Waals surface area (Å²) in [6.45, 7) is 5.54. The van der Waals surface area contributed by atoms with Gasteiger partial charge in [-0.2, -0.15) is 0 Å². The molecule has 0 aliphatic heterocycles. The topological polar surface area (TPSA) is 73.9 Å². The number of anilines is 1. The van der Waals surface area contributed by atoms with Crippen LogP contribution in [0.1, 0.15) is 36.7 Å². The van der Waals surface area contributed by atoms with E-state index in [9.17, 15) is 9.59 Å². The Morgan fingerprint density at radius 2 is 1.69 bits per heavy atom. The van der Waals surface area contributed by atoms with Crippen LogP contribution in [0.3, 0.4) is 0 Å². The number of benzene rings is 2. The quantitative estimate of drug-likeness (QED) is 0.803. The maximum absolute atomic E-state index is 12.1. The number of para-hydroxylation sites is 1. The SMILES string of the molecule is COC(=O)c1cccc(NC(=O)OC(C)(C)C)c1OCc1ccccc1. The van der Waals surface area contributed by atoms with Gasteiger partial charge >= 0.3 is 12.1 Å². The van der Waals surface area contributed by atoms with Gasteiger partial charge in [-0.3, -0.25) is 5.32 Å². The molecule has 0 saturated heterocycles. The van der Waals surface area contributed by atoms with Crippen LogP contribution in [0.4, 0.5) is 10.5 Å². The Morgan fingerprint density at radius 3 is 2.31 bits per heavy atom. The van der Waals surface area contributed by atoms with Crippen molar-refractivity contribution >= 4 is 17.7 Å². The molecule has 6 nitrogen and oxygen atoms in total. The van der Waals surface area contributed by atoms with Gasteiger partial charge in [0.1, 0.15) is 17.8 Å². The summed E-state index contributed by atoms with van der Waals surface area (Å²) in [5.74, 6) is -0.324. The third-order valence-corrected chi connectivity index (χ3v) is 3.28. The molecule has 0 saturated carbocycles. The van der Waals surface area contributed by atoms with E-state index >= 15 is 0 Å². The Kier molecular flexibility index (Phi) is 6.22. The van der Waals surface area contributed by atoms with Crippen molar-refractivity contribution in [1.82, 2.24) is 0 Å². The Labute approximate surface area is 153 Å². The van der Waals surface area contributed by atoms with Crippen LogP contribution in [0, 0.1) is 0 Å². The van der Waals surface area contributed by atoms with Gasteiger partial charge in [-0.05, 0) is 38.5 Å². The van der Waals surface area contributed by atoms with Gasteiger partial charge in [0.25, 0.3) is 0 Å². The Hall–Kier alpha value is -3.02. The lowest BCUT2D eigenvalue weighted by molar-refractivity contribution is 0.0590. The van der Waals surface area contributed by atoms with Crippen molar-refractivity contribution in [3.63, 3.8) is 0 Å². The lowest BCUT2D eigenvalue weighted by Gasteiger charge is -2.21. The molecule has 0 bridgehead atoms. The second kappa shape index (κ2) is 8.38. The van der Waals surface area contributed by atoms with Gasteiger partial charge in [0.05, 0.1) is 12.8 Å². The zero-order valence-electron chi connectivity index (χ0n) is 15.4. The minimum absolute atomic E-state index is 0.219. The number of esters is 1. The van der Waals surface area contributed by atoms with Crippen molar-refractivity contribution < 1.29 is 23.8 Å².